The van der Waals surface area contributed by atoms with Crippen molar-refractivity contribution >= 4 is 0 Å². The third-order valence-corrected chi connectivity index (χ3v) is 4.19. The highest BCUT2D eigenvalue weighted by Crippen LogP contribution is 2.31. The molecule has 0 aromatic heterocycles. The van der Waals surface area contributed by atoms with Crippen LogP contribution >= 0.6 is 0 Å². The van der Waals surface area contributed by atoms with E-state index in [0.717, 1.165) is 24.9 Å². The summed E-state index contributed by atoms with van der Waals surface area (Å²) >= 11 is 0. The molecule has 3 nitrogen and oxygen atoms in total. The molecule has 2 N–H and O–H groups in total. The Morgan fingerprint density at radius 2 is 2.00 bits per heavy atom. The van der Waals surface area contributed by atoms with Crippen LogP contribution in [0, 0.1) is 5.92 Å². The Labute approximate surface area is 109 Å². The zero-order valence-corrected chi connectivity index (χ0v) is 11.0. The van der Waals surface area contributed by atoms with Crippen molar-refractivity contribution in [3.63, 3.8) is 0 Å². The fourth-order valence-electron chi connectivity index (χ4n) is 3.01. The van der Waals surface area contributed by atoms with E-state index in [-0.39, 0.29) is 19.3 Å². The molecule has 0 radical (unpaired) electrons. The van der Waals surface area contributed by atoms with Crippen molar-refractivity contribution < 1.29 is 10.2 Å². The molecule has 0 amide bonds. The molecule has 18 heavy (non-hydrogen) atoms. The van der Waals surface area contributed by atoms with E-state index in [0.29, 0.717) is 12.0 Å². The Balaban J connectivity index is 2.17. The lowest BCUT2D eigenvalue weighted by molar-refractivity contribution is 0.0134. The van der Waals surface area contributed by atoms with Gasteiger partial charge < -0.3 is 10.2 Å². The zero-order chi connectivity index (χ0) is 13.0. The van der Waals surface area contributed by atoms with Crippen LogP contribution < -0.4 is 0 Å². The van der Waals surface area contributed by atoms with Gasteiger partial charge in [0.15, 0.2) is 0 Å². The van der Waals surface area contributed by atoms with E-state index in [1.807, 2.05) is 18.2 Å². The topological polar surface area (TPSA) is 43.7 Å². The Morgan fingerprint density at radius 3 is 2.61 bits per heavy atom. The normalized spacial score (nSPS) is 27.1. The van der Waals surface area contributed by atoms with E-state index in [9.17, 15) is 10.2 Å². The number of nitrogens with zero attached hydrogens (tertiary/aromatic N) is 1. The van der Waals surface area contributed by atoms with Crippen LogP contribution in [0.5, 0.6) is 0 Å². The van der Waals surface area contributed by atoms with E-state index in [1.54, 1.807) is 0 Å². The molecule has 3 atom stereocenters. The average Bonchev–Trinajstić information content (AvgIpc) is 2.43. The highest BCUT2D eigenvalue weighted by molar-refractivity contribution is 5.19. The van der Waals surface area contributed by atoms with Crippen LogP contribution in [-0.2, 0) is 0 Å². The molecule has 0 spiro atoms. The number of hydrogen-bond acceptors (Lipinski definition) is 3. The first-order chi connectivity index (χ1) is 8.77. The lowest BCUT2D eigenvalue weighted by Gasteiger charge is -2.43. The molecule has 0 bridgehead atoms. The molecule has 0 aliphatic carbocycles. The maximum atomic E-state index is 9.70. The average molecular weight is 249 g/mol. The summed E-state index contributed by atoms with van der Waals surface area (Å²) in [5.41, 5.74) is 1.16. The van der Waals surface area contributed by atoms with Gasteiger partial charge in [0.2, 0.25) is 0 Å². The van der Waals surface area contributed by atoms with Crippen LogP contribution in [0.25, 0.3) is 0 Å². The van der Waals surface area contributed by atoms with Gasteiger partial charge in [0.05, 0.1) is 12.6 Å². The SMILES string of the molecule is C[C@H]1[C@@H](CO)CCCN1[C@H](CO)c1ccccc1. The quantitative estimate of drug-likeness (QED) is 0.855. The van der Waals surface area contributed by atoms with Crippen molar-refractivity contribution in [2.75, 3.05) is 19.8 Å². The second kappa shape index (κ2) is 6.32. The molecule has 0 saturated carbocycles. The molecule has 3 heteroatoms. The van der Waals surface area contributed by atoms with Crippen molar-refractivity contribution in [1.29, 1.82) is 0 Å². The largest absolute Gasteiger partial charge is 0.396 e. The number of aliphatic hydroxyl groups is 2. The number of piperidine rings is 1. The van der Waals surface area contributed by atoms with Crippen LogP contribution in [0.2, 0.25) is 0 Å². The van der Waals surface area contributed by atoms with Gasteiger partial charge in [-0.3, -0.25) is 4.90 Å². The molecule has 1 aliphatic rings. The molecule has 100 valence electrons. The molecule has 1 heterocycles. The van der Waals surface area contributed by atoms with Crippen LogP contribution in [-0.4, -0.2) is 40.9 Å². The second-order valence-corrected chi connectivity index (χ2v) is 5.17. The first-order valence-electron chi connectivity index (χ1n) is 6.80. The van der Waals surface area contributed by atoms with Crippen molar-refractivity contribution in [1.82, 2.24) is 4.90 Å². The first-order valence-corrected chi connectivity index (χ1v) is 6.80. The predicted octanol–water partition coefficient (Wildman–Crippen LogP) is 1.81. The summed E-state index contributed by atoms with van der Waals surface area (Å²) in [4.78, 5) is 2.33. The molecule has 2 rings (SSSR count). The highest BCUT2D eigenvalue weighted by Gasteiger charge is 2.32. The molecule has 1 aliphatic heterocycles. The second-order valence-electron chi connectivity index (χ2n) is 5.17. The van der Waals surface area contributed by atoms with Crippen LogP contribution in [0.15, 0.2) is 30.3 Å². The number of hydrogen-bond donors (Lipinski definition) is 2. The Hall–Kier alpha value is -0.900. The van der Waals surface area contributed by atoms with Crippen LogP contribution in [0.4, 0.5) is 0 Å². The fourth-order valence-corrected chi connectivity index (χ4v) is 3.01. The van der Waals surface area contributed by atoms with Gasteiger partial charge in [0.1, 0.15) is 0 Å². The van der Waals surface area contributed by atoms with E-state index in [1.165, 1.54) is 0 Å². The third-order valence-electron chi connectivity index (χ3n) is 4.19. The first kappa shape index (κ1) is 13.5. The summed E-state index contributed by atoms with van der Waals surface area (Å²) in [7, 11) is 0. The van der Waals surface area contributed by atoms with E-state index < -0.39 is 0 Å². The molecular formula is C15H23NO2. The number of rotatable bonds is 4. The molecule has 1 saturated heterocycles. The minimum Gasteiger partial charge on any atom is -0.396 e. The third kappa shape index (κ3) is 2.74. The van der Waals surface area contributed by atoms with Crippen molar-refractivity contribution in [3.8, 4) is 0 Å². The highest BCUT2D eigenvalue weighted by atomic mass is 16.3. The Kier molecular flexibility index (Phi) is 4.75. The molecule has 0 unspecified atom stereocenters. The number of likely N-dealkylation sites (tertiary alicyclic amines) is 1. The fraction of sp³-hybridized carbons (Fsp3) is 0.600. The van der Waals surface area contributed by atoms with Gasteiger partial charge in [-0.15, -0.1) is 0 Å². The van der Waals surface area contributed by atoms with Crippen molar-refractivity contribution in [2.45, 2.75) is 31.8 Å². The zero-order valence-electron chi connectivity index (χ0n) is 11.0. The van der Waals surface area contributed by atoms with Crippen molar-refractivity contribution in [3.05, 3.63) is 35.9 Å². The summed E-state index contributed by atoms with van der Waals surface area (Å²) < 4.78 is 0. The summed E-state index contributed by atoms with van der Waals surface area (Å²) in [6.45, 7) is 3.53. The minimum absolute atomic E-state index is 0.0514. The van der Waals surface area contributed by atoms with Gasteiger partial charge >= 0.3 is 0 Å². The molecular weight excluding hydrogens is 226 g/mol. The number of aliphatic hydroxyl groups excluding tert-OH is 2. The standard InChI is InChI=1S/C15H23NO2/c1-12-14(10-17)8-5-9-16(12)15(11-18)13-6-3-2-4-7-13/h2-4,6-7,12,14-15,17-18H,5,8-11H2,1H3/t12-,14+,15+/m0/s1. The van der Waals surface area contributed by atoms with Crippen molar-refractivity contribution in [2.24, 2.45) is 5.92 Å². The summed E-state index contributed by atoms with van der Waals surface area (Å²) in [5.74, 6) is 0.330. The van der Waals surface area contributed by atoms with Crippen LogP contribution in [0.1, 0.15) is 31.4 Å². The number of benzene rings is 1. The summed E-state index contributed by atoms with van der Waals surface area (Å²) in [6, 6.07) is 10.5. The van der Waals surface area contributed by atoms with Gasteiger partial charge in [0.25, 0.3) is 0 Å². The maximum absolute atomic E-state index is 9.70. The molecule has 1 fully saturated rings. The van der Waals surface area contributed by atoms with Gasteiger partial charge in [-0.05, 0) is 37.8 Å². The predicted molar refractivity (Wildman–Crippen MR) is 72.2 cm³/mol. The lowest BCUT2D eigenvalue weighted by atomic mass is 9.88. The summed E-state index contributed by atoms with van der Waals surface area (Å²) in [6.07, 6.45) is 2.18. The van der Waals surface area contributed by atoms with Crippen LogP contribution in [0.3, 0.4) is 0 Å². The Bertz CT molecular complexity index is 355. The van der Waals surface area contributed by atoms with E-state index in [2.05, 4.69) is 24.0 Å². The molecule has 1 aromatic carbocycles. The van der Waals surface area contributed by atoms with E-state index in [4.69, 9.17) is 0 Å². The van der Waals surface area contributed by atoms with Gasteiger partial charge in [-0.1, -0.05) is 30.3 Å². The summed E-state index contributed by atoms with van der Waals surface area (Å²) in [5, 5.41) is 19.1. The van der Waals surface area contributed by atoms with Gasteiger partial charge in [-0.2, -0.15) is 0 Å². The molecule has 1 aromatic rings. The monoisotopic (exact) mass is 249 g/mol. The minimum atomic E-state index is 0.0514. The lowest BCUT2D eigenvalue weighted by Crippen LogP contribution is -2.47. The van der Waals surface area contributed by atoms with Gasteiger partial charge in [0, 0.05) is 12.6 Å². The van der Waals surface area contributed by atoms with E-state index >= 15 is 0 Å². The smallest absolute Gasteiger partial charge is 0.0628 e. The van der Waals surface area contributed by atoms with Gasteiger partial charge in [-0.25, -0.2) is 0 Å². The maximum Gasteiger partial charge on any atom is 0.0628 e. The Morgan fingerprint density at radius 1 is 1.28 bits per heavy atom.